The minimum Gasteiger partial charge on any atom is -0.508 e. The molecule has 50 heavy (non-hydrogen) atoms. The molecular weight excluding hydrogens is 636 g/mol. The van der Waals surface area contributed by atoms with E-state index in [2.05, 4.69) is 20.9 Å². The van der Waals surface area contributed by atoms with Gasteiger partial charge in [0.05, 0.1) is 29.0 Å². The predicted octanol–water partition coefficient (Wildman–Crippen LogP) is 4.64. The Morgan fingerprint density at radius 1 is 0.660 bits per heavy atom. The number of hydrogen-bond donors (Lipinski definition) is 6. The molecule has 5 aromatic rings. The zero-order chi connectivity index (χ0) is 35.3. The number of anilines is 1. The summed E-state index contributed by atoms with van der Waals surface area (Å²) in [4.78, 5) is 43.8. The number of aliphatic hydroxyl groups is 2. The molecule has 0 aliphatic rings. The smallest absolute Gasteiger partial charge is 0.412 e. The number of hydrogen-bond acceptors (Lipinski definition) is 8. The molecule has 3 amide bonds. The van der Waals surface area contributed by atoms with Crippen molar-refractivity contribution in [3.8, 4) is 5.75 Å². The van der Waals surface area contributed by atoms with Crippen LogP contribution in [0.4, 0.5) is 10.5 Å². The topological polar surface area (TPSA) is 170 Å². The van der Waals surface area contributed by atoms with Crippen molar-refractivity contribution in [1.82, 2.24) is 15.6 Å². The molecule has 0 aliphatic heterocycles. The minimum absolute atomic E-state index is 0.0730. The lowest BCUT2D eigenvalue weighted by molar-refractivity contribution is -0.0219. The van der Waals surface area contributed by atoms with Gasteiger partial charge in [0.25, 0.3) is 11.8 Å². The van der Waals surface area contributed by atoms with E-state index in [1.165, 1.54) is 30.3 Å². The number of phenolic OH excluding ortho intramolecular Hbond substituents is 1. The molecule has 0 bridgehead atoms. The van der Waals surface area contributed by atoms with Crippen molar-refractivity contribution in [3.05, 3.63) is 162 Å². The summed E-state index contributed by atoms with van der Waals surface area (Å²) in [6.45, 7) is -0.0730. The summed E-state index contributed by atoms with van der Waals surface area (Å²) in [5.41, 5.74) is 2.55. The van der Waals surface area contributed by atoms with E-state index in [4.69, 9.17) is 4.74 Å². The number of carbonyl (C=O) groups excluding carboxylic acids is 3. The summed E-state index contributed by atoms with van der Waals surface area (Å²) >= 11 is 0. The predicted molar refractivity (Wildman–Crippen MR) is 187 cm³/mol. The Morgan fingerprint density at radius 2 is 1.24 bits per heavy atom. The Kier molecular flexibility index (Phi) is 12.3. The number of aromatic nitrogens is 1. The van der Waals surface area contributed by atoms with E-state index in [9.17, 15) is 29.7 Å². The first-order chi connectivity index (χ1) is 24.3. The fraction of sp³-hybridized carbons (Fsp3) is 0.179. The molecule has 0 saturated carbocycles. The van der Waals surface area contributed by atoms with Crippen LogP contribution in [0.1, 0.15) is 37.5 Å². The van der Waals surface area contributed by atoms with E-state index in [-0.39, 0.29) is 42.0 Å². The molecule has 0 saturated heterocycles. The van der Waals surface area contributed by atoms with Gasteiger partial charge in [-0.2, -0.15) is 0 Å². The number of pyridine rings is 1. The lowest BCUT2D eigenvalue weighted by Gasteiger charge is -2.33. The molecule has 11 nitrogen and oxygen atoms in total. The zero-order valence-corrected chi connectivity index (χ0v) is 27.1. The summed E-state index contributed by atoms with van der Waals surface area (Å²) in [5, 5.41) is 41.6. The fourth-order valence-corrected chi connectivity index (χ4v) is 5.43. The van der Waals surface area contributed by atoms with Gasteiger partial charge in [0.2, 0.25) is 0 Å². The Morgan fingerprint density at radius 3 is 1.84 bits per heavy atom. The van der Waals surface area contributed by atoms with E-state index >= 15 is 0 Å². The molecule has 0 aliphatic carbocycles. The number of ether oxygens (including phenoxy) is 1. The molecule has 4 atom stereocenters. The third kappa shape index (κ3) is 9.99. The minimum atomic E-state index is -1.57. The normalized spacial score (nSPS) is 13.2. The van der Waals surface area contributed by atoms with Crippen LogP contribution in [0.2, 0.25) is 0 Å². The van der Waals surface area contributed by atoms with Crippen molar-refractivity contribution >= 4 is 23.6 Å². The maximum atomic E-state index is 13.8. The molecule has 11 heteroatoms. The van der Waals surface area contributed by atoms with Gasteiger partial charge in [0, 0.05) is 11.8 Å². The Labute approximate surface area is 289 Å². The SMILES string of the molecule is O=C(Nc1ccccc1C(=O)N[C@@H](Cc1ccccc1)[C@H](O)[C@H](O)[C@H](Cc1ccccc1)NC(=O)c1cccc(O)c1)OCc1ccccn1. The number of benzene rings is 4. The van der Waals surface area contributed by atoms with Crippen LogP contribution < -0.4 is 16.0 Å². The van der Waals surface area contributed by atoms with Gasteiger partial charge in [-0.25, -0.2) is 4.79 Å². The highest BCUT2D eigenvalue weighted by molar-refractivity contribution is 6.02. The fourth-order valence-electron chi connectivity index (χ4n) is 5.43. The second-order valence-electron chi connectivity index (χ2n) is 11.6. The third-order valence-corrected chi connectivity index (χ3v) is 8.00. The van der Waals surface area contributed by atoms with Crippen LogP contribution in [0.25, 0.3) is 0 Å². The first-order valence-corrected chi connectivity index (χ1v) is 16.0. The summed E-state index contributed by atoms with van der Waals surface area (Å²) in [6.07, 6.45) is -2.05. The molecule has 6 N–H and O–H groups in total. The zero-order valence-electron chi connectivity index (χ0n) is 27.1. The second-order valence-corrected chi connectivity index (χ2v) is 11.6. The van der Waals surface area contributed by atoms with Crippen molar-refractivity contribution in [2.75, 3.05) is 5.32 Å². The van der Waals surface area contributed by atoms with E-state index in [1.54, 1.807) is 42.6 Å². The van der Waals surface area contributed by atoms with Gasteiger partial charge in [-0.05, 0) is 66.4 Å². The van der Waals surface area contributed by atoms with Crippen molar-refractivity contribution in [2.24, 2.45) is 0 Å². The van der Waals surface area contributed by atoms with Crippen LogP contribution >= 0.6 is 0 Å². The molecule has 1 aromatic heterocycles. The summed E-state index contributed by atoms with van der Waals surface area (Å²) in [6, 6.07) is 33.6. The Bertz CT molecular complexity index is 1860. The van der Waals surface area contributed by atoms with Crippen LogP contribution in [0.3, 0.4) is 0 Å². The van der Waals surface area contributed by atoms with Crippen molar-refractivity contribution in [3.63, 3.8) is 0 Å². The Balaban J connectivity index is 1.37. The standard InChI is InChI=1S/C39H38N4O7/c44-30-18-11-16-28(24-30)37(47)41-33(22-26-12-3-1-4-13-26)35(45)36(46)34(23-27-14-5-2-6-15-27)42-38(48)31-19-7-8-20-32(31)43-39(49)50-25-29-17-9-10-21-40-29/h1-21,24,33-36,44-46H,22-23,25H2,(H,41,47)(H,42,48)(H,43,49)/t33-,34-,35+,36-/m0/s1. The average Bonchev–Trinajstić information content (AvgIpc) is 3.14. The number of phenols is 1. The van der Waals surface area contributed by atoms with Gasteiger partial charge in [-0.15, -0.1) is 0 Å². The largest absolute Gasteiger partial charge is 0.508 e. The average molecular weight is 675 g/mol. The van der Waals surface area contributed by atoms with E-state index in [0.717, 1.165) is 11.1 Å². The maximum absolute atomic E-state index is 13.8. The van der Waals surface area contributed by atoms with Crippen LogP contribution in [0, 0.1) is 0 Å². The van der Waals surface area contributed by atoms with Crippen molar-refractivity contribution in [2.45, 2.75) is 43.7 Å². The van der Waals surface area contributed by atoms with Gasteiger partial charge < -0.3 is 30.7 Å². The van der Waals surface area contributed by atoms with Gasteiger partial charge in [0.15, 0.2) is 0 Å². The highest BCUT2D eigenvalue weighted by Gasteiger charge is 2.35. The third-order valence-electron chi connectivity index (χ3n) is 8.00. The molecule has 1 heterocycles. The molecule has 0 fully saturated rings. The quantitative estimate of drug-likeness (QED) is 0.0990. The number of amides is 3. The van der Waals surface area contributed by atoms with Gasteiger partial charge in [0.1, 0.15) is 24.6 Å². The van der Waals surface area contributed by atoms with Gasteiger partial charge >= 0.3 is 6.09 Å². The van der Waals surface area contributed by atoms with E-state index in [0.29, 0.717) is 5.69 Å². The van der Waals surface area contributed by atoms with Crippen LogP contribution in [0.5, 0.6) is 5.75 Å². The highest BCUT2D eigenvalue weighted by Crippen LogP contribution is 2.20. The number of rotatable bonds is 14. The Hall–Kier alpha value is -6.04. The maximum Gasteiger partial charge on any atom is 0.412 e. The molecule has 0 unspecified atom stereocenters. The van der Waals surface area contributed by atoms with E-state index in [1.807, 2.05) is 60.7 Å². The monoisotopic (exact) mass is 674 g/mol. The van der Waals surface area contributed by atoms with Crippen LogP contribution in [0.15, 0.2) is 134 Å². The summed E-state index contributed by atoms with van der Waals surface area (Å²) in [7, 11) is 0. The first kappa shape index (κ1) is 35.3. The molecular formula is C39H38N4O7. The number of nitrogens with zero attached hydrogens (tertiary/aromatic N) is 1. The molecule has 256 valence electrons. The number of nitrogens with one attached hydrogen (secondary N) is 3. The lowest BCUT2D eigenvalue weighted by Crippen LogP contribution is -2.57. The first-order valence-electron chi connectivity index (χ1n) is 16.0. The van der Waals surface area contributed by atoms with Crippen molar-refractivity contribution < 1.29 is 34.4 Å². The lowest BCUT2D eigenvalue weighted by atomic mass is 9.90. The summed E-state index contributed by atoms with van der Waals surface area (Å²) < 4.78 is 5.28. The number of para-hydroxylation sites is 1. The molecule has 0 spiro atoms. The van der Waals surface area contributed by atoms with Crippen LogP contribution in [-0.2, 0) is 24.2 Å². The van der Waals surface area contributed by atoms with Crippen molar-refractivity contribution in [1.29, 1.82) is 0 Å². The van der Waals surface area contributed by atoms with Gasteiger partial charge in [-0.1, -0.05) is 84.9 Å². The van der Waals surface area contributed by atoms with Crippen LogP contribution in [-0.4, -0.2) is 62.5 Å². The number of carbonyl (C=O) groups is 3. The highest BCUT2D eigenvalue weighted by atomic mass is 16.5. The number of aromatic hydroxyl groups is 1. The second kappa shape index (κ2) is 17.4. The summed E-state index contributed by atoms with van der Waals surface area (Å²) in [5.74, 6) is -1.28. The number of aliphatic hydroxyl groups excluding tert-OH is 2. The molecule has 5 rings (SSSR count). The molecule has 0 radical (unpaired) electrons. The van der Waals surface area contributed by atoms with Gasteiger partial charge in [-0.3, -0.25) is 19.9 Å². The molecule has 4 aromatic carbocycles. The van der Waals surface area contributed by atoms with E-state index < -0.39 is 42.2 Å².